The summed E-state index contributed by atoms with van der Waals surface area (Å²) < 4.78 is 0. The van der Waals surface area contributed by atoms with Gasteiger partial charge in [-0.05, 0) is 37.5 Å². The van der Waals surface area contributed by atoms with Gasteiger partial charge in [-0.15, -0.1) is 0 Å². The molecule has 3 aliphatic rings. The number of hydrogen-bond donors (Lipinski definition) is 1. The SMILES string of the molecule is CC(C)CN1C(=O)C2(CCCCC2)NC(=O)C1C1CC1. The number of nitrogens with one attached hydrogen (secondary N) is 1. The van der Waals surface area contributed by atoms with Crippen molar-refractivity contribution in [1.29, 1.82) is 0 Å². The topological polar surface area (TPSA) is 49.4 Å². The van der Waals surface area contributed by atoms with E-state index >= 15 is 0 Å². The largest absolute Gasteiger partial charge is 0.340 e. The maximum absolute atomic E-state index is 13.0. The van der Waals surface area contributed by atoms with Crippen LogP contribution in [0.15, 0.2) is 0 Å². The van der Waals surface area contributed by atoms with Gasteiger partial charge in [0.1, 0.15) is 11.6 Å². The molecule has 1 N–H and O–H groups in total. The van der Waals surface area contributed by atoms with Crippen LogP contribution in [0.2, 0.25) is 0 Å². The summed E-state index contributed by atoms with van der Waals surface area (Å²) in [4.78, 5) is 27.5. The molecule has 20 heavy (non-hydrogen) atoms. The predicted octanol–water partition coefficient (Wildman–Crippen LogP) is 2.08. The molecule has 1 atom stereocenters. The van der Waals surface area contributed by atoms with Gasteiger partial charge in [0, 0.05) is 6.54 Å². The third kappa shape index (κ3) is 2.33. The summed E-state index contributed by atoms with van der Waals surface area (Å²) in [7, 11) is 0. The Kier molecular flexibility index (Phi) is 3.51. The highest BCUT2D eigenvalue weighted by molar-refractivity contribution is 6.00. The number of amides is 2. The first-order valence-corrected chi connectivity index (χ1v) is 8.16. The fraction of sp³-hybridized carbons (Fsp3) is 0.875. The molecule has 3 rings (SSSR count). The van der Waals surface area contributed by atoms with Crippen molar-refractivity contribution in [2.45, 2.75) is 70.4 Å². The summed E-state index contributed by atoms with van der Waals surface area (Å²) in [5.74, 6) is 1.11. The predicted molar refractivity (Wildman–Crippen MR) is 77.0 cm³/mol. The number of nitrogens with zero attached hydrogens (tertiary/aromatic N) is 1. The zero-order chi connectivity index (χ0) is 14.3. The van der Waals surface area contributed by atoms with Crippen LogP contribution in [0.25, 0.3) is 0 Å². The van der Waals surface area contributed by atoms with E-state index in [2.05, 4.69) is 19.2 Å². The summed E-state index contributed by atoms with van der Waals surface area (Å²) in [6.45, 7) is 4.96. The number of rotatable bonds is 3. The number of carbonyl (C=O) groups excluding carboxylic acids is 2. The summed E-state index contributed by atoms with van der Waals surface area (Å²) >= 11 is 0. The molecule has 112 valence electrons. The van der Waals surface area contributed by atoms with Crippen LogP contribution in [0.3, 0.4) is 0 Å². The Morgan fingerprint density at radius 1 is 1.20 bits per heavy atom. The van der Waals surface area contributed by atoms with E-state index in [-0.39, 0.29) is 17.9 Å². The molecule has 2 amide bonds. The monoisotopic (exact) mass is 278 g/mol. The molecule has 1 aliphatic heterocycles. The second-order valence-corrected chi connectivity index (χ2v) is 7.27. The van der Waals surface area contributed by atoms with E-state index < -0.39 is 5.54 Å². The average Bonchev–Trinajstić information content (AvgIpc) is 3.21. The third-order valence-corrected chi connectivity index (χ3v) is 4.97. The van der Waals surface area contributed by atoms with Crippen molar-refractivity contribution in [3.05, 3.63) is 0 Å². The van der Waals surface area contributed by atoms with Gasteiger partial charge in [-0.25, -0.2) is 0 Å². The lowest BCUT2D eigenvalue weighted by Gasteiger charge is -2.48. The quantitative estimate of drug-likeness (QED) is 0.859. The van der Waals surface area contributed by atoms with E-state index in [4.69, 9.17) is 0 Å². The first-order valence-electron chi connectivity index (χ1n) is 8.16. The zero-order valence-electron chi connectivity index (χ0n) is 12.7. The molecule has 2 saturated carbocycles. The lowest BCUT2D eigenvalue weighted by atomic mass is 9.78. The fourth-order valence-electron chi connectivity index (χ4n) is 3.87. The first-order chi connectivity index (χ1) is 9.53. The minimum atomic E-state index is -0.574. The van der Waals surface area contributed by atoms with Gasteiger partial charge in [-0.3, -0.25) is 9.59 Å². The van der Waals surface area contributed by atoms with Gasteiger partial charge in [0.05, 0.1) is 0 Å². The number of piperazine rings is 1. The molecule has 1 unspecified atom stereocenters. The van der Waals surface area contributed by atoms with Crippen molar-refractivity contribution in [3.63, 3.8) is 0 Å². The van der Waals surface area contributed by atoms with Crippen molar-refractivity contribution in [1.82, 2.24) is 10.2 Å². The zero-order valence-corrected chi connectivity index (χ0v) is 12.7. The summed E-state index contributed by atoms with van der Waals surface area (Å²) in [6.07, 6.45) is 7.11. The van der Waals surface area contributed by atoms with Gasteiger partial charge in [-0.2, -0.15) is 0 Å². The Morgan fingerprint density at radius 2 is 1.85 bits per heavy atom. The van der Waals surface area contributed by atoms with E-state index in [1.807, 2.05) is 4.90 Å². The van der Waals surface area contributed by atoms with Crippen molar-refractivity contribution in [2.24, 2.45) is 11.8 Å². The highest BCUT2D eigenvalue weighted by Crippen LogP contribution is 2.41. The molecule has 0 aromatic rings. The molecular weight excluding hydrogens is 252 g/mol. The van der Waals surface area contributed by atoms with E-state index in [9.17, 15) is 9.59 Å². The van der Waals surface area contributed by atoms with Gasteiger partial charge < -0.3 is 10.2 Å². The van der Waals surface area contributed by atoms with E-state index in [0.717, 1.165) is 45.1 Å². The normalized spacial score (nSPS) is 29.9. The van der Waals surface area contributed by atoms with Crippen LogP contribution in [-0.2, 0) is 9.59 Å². The maximum atomic E-state index is 13.0. The van der Waals surface area contributed by atoms with Crippen LogP contribution in [-0.4, -0.2) is 34.8 Å². The lowest BCUT2D eigenvalue weighted by molar-refractivity contribution is -0.158. The van der Waals surface area contributed by atoms with Crippen LogP contribution in [0.1, 0.15) is 58.8 Å². The Labute approximate surface area is 121 Å². The Hall–Kier alpha value is -1.06. The van der Waals surface area contributed by atoms with Crippen LogP contribution >= 0.6 is 0 Å². The summed E-state index contributed by atoms with van der Waals surface area (Å²) in [5.41, 5.74) is -0.574. The summed E-state index contributed by atoms with van der Waals surface area (Å²) in [5, 5.41) is 3.13. The Bertz CT molecular complexity index is 409. The molecule has 1 spiro atoms. The second kappa shape index (κ2) is 5.05. The molecule has 0 bridgehead atoms. The number of hydrogen-bond acceptors (Lipinski definition) is 2. The van der Waals surface area contributed by atoms with Crippen molar-refractivity contribution in [3.8, 4) is 0 Å². The van der Waals surface area contributed by atoms with Crippen molar-refractivity contribution in [2.75, 3.05) is 6.54 Å². The van der Waals surface area contributed by atoms with Crippen molar-refractivity contribution < 1.29 is 9.59 Å². The van der Waals surface area contributed by atoms with Crippen LogP contribution in [0.4, 0.5) is 0 Å². The first kappa shape index (κ1) is 13.9. The second-order valence-electron chi connectivity index (χ2n) is 7.27. The molecule has 4 nitrogen and oxygen atoms in total. The van der Waals surface area contributed by atoms with Gasteiger partial charge >= 0.3 is 0 Å². The summed E-state index contributed by atoms with van der Waals surface area (Å²) in [6, 6.07) is -0.197. The smallest absolute Gasteiger partial charge is 0.249 e. The van der Waals surface area contributed by atoms with Gasteiger partial charge in [0.2, 0.25) is 11.8 Å². The van der Waals surface area contributed by atoms with E-state index in [0.29, 0.717) is 11.8 Å². The molecule has 0 aromatic carbocycles. The van der Waals surface area contributed by atoms with Gasteiger partial charge in [-0.1, -0.05) is 33.1 Å². The third-order valence-electron chi connectivity index (χ3n) is 4.97. The van der Waals surface area contributed by atoms with Gasteiger partial charge in [0.25, 0.3) is 0 Å². The van der Waals surface area contributed by atoms with E-state index in [1.54, 1.807) is 0 Å². The molecular formula is C16H26N2O2. The molecule has 1 heterocycles. The molecule has 0 radical (unpaired) electrons. The number of carbonyl (C=O) groups is 2. The highest BCUT2D eigenvalue weighted by Gasteiger charge is 2.54. The Morgan fingerprint density at radius 3 is 2.40 bits per heavy atom. The van der Waals surface area contributed by atoms with Gasteiger partial charge in [0.15, 0.2) is 0 Å². The Balaban J connectivity index is 1.87. The maximum Gasteiger partial charge on any atom is 0.249 e. The lowest BCUT2D eigenvalue weighted by Crippen LogP contribution is -2.71. The van der Waals surface area contributed by atoms with Crippen LogP contribution < -0.4 is 5.32 Å². The van der Waals surface area contributed by atoms with Crippen LogP contribution in [0.5, 0.6) is 0 Å². The minimum Gasteiger partial charge on any atom is -0.340 e. The average molecular weight is 278 g/mol. The molecule has 4 heteroatoms. The standard InChI is InChI=1S/C16H26N2O2/c1-11(2)10-18-13(12-6-7-12)14(19)17-16(15(18)20)8-4-3-5-9-16/h11-13H,3-10H2,1-2H3,(H,17,19). The fourth-order valence-corrected chi connectivity index (χ4v) is 3.87. The molecule has 0 aromatic heterocycles. The molecule has 3 fully saturated rings. The minimum absolute atomic E-state index is 0.106. The van der Waals surface area contributed by atoms with Crippen LogP contribution in [0, 0.1) is 11.8 Å². The van der Waals surface area contributed by atoms with E-state index in [1.165, 1.54) is 6.42 Å². The molecule has 1 saturated heterocycles. The highest BCUT2D eigenvalue weighted by atomic mass is 16.2. The van der Waals surface area contributed by atoms with Crippen molar-refractivity contribution >= 4 is 11.8 Å². The molecule has 2 aliphatic carbocycles.